The lowest BCUT2D eigenvalue weighted by atomic mass is 10.1. The van der Waals surface area contributed by atoms with Crippen molar-refractivity contribution in [3.63, 3.8) is 0 Å². The van der Waals surface area contributed by atoms with Crippen molar-refractivity contribution in [2.24, 2.45) is 0 Å². The number of nitrogens with one attached hydrogen (secondary N) is 2. The van der Waals surface area contributed by atoms with Crippen LogP contribution < -0.4 is 10.6 Å². The van der Waals surface area contributed by atoms with Gasteiger partial charge in [0.05, 0.1) is 0 Å². The number of aryl methyl sites for hydroxylation is 1. The first-order chi connectivity index (χ1) is 13.2. The smallest absolute Gasteiger partial charge is 0.271 e. The van der Waals surface area contributed by atoms with E-state index in [4.69, 9.17) is 0 Å². The Kier molecular flexibility index (Phi) is 7.72. The van der Waals surface area contributed by atoms with Gasteiger partial charge in [-0.15, -0.1) is 0 Å². The molecule has 3 rings (SSSR count). The number of rotatable bonds is 6. The van der Waals surface area contributed by atoms with Gasteiger partial charge in [0.25, 0.3) is 5.91 Å². The second-order valence-electron chi connectivity index (χ2n) is 8.13. The third-order valence-electron chi connectivity index (χ3n) is 5.85. The van der Waals surface area contributed by atoms with E-state index in [0.717, 1.165) is 25.7 Å². The van der Waals surface area contributed by atoms with Crippen molar-refractivity contribution in [2.45, 2.75) is 102 Å². The van der Waals surface area contributed by atoms with Crippen LogP contribution in [-0.2, 0) is 11.3 Å². The van der Waals surface area contributed by atoms with Gasteiger partial charge in [0.15, 0.2) is 0 Å². The van der Waals surface area contributed by atoms with Gasteiger partial charge in [-0.1, -0.05) is 51.4 Å². The van der Waals surface area contributed by atoms with Crippen LogP contribution in [0, 0.1) is 0 Å². The summed E-state index contributed by atoms with van der Waals surface area (Å²) in [5.74, 6) is -0.00888. The molecule has 0 atom stereocenters. The Morgan fingerprint density at radius 1 is 0.889 bits per heavy atom. The average Bonchev–Trinajstić information content (AvgIpc) is 2.83. The van der Waals surface area contributed by atoms with Crippen LogP contribution in [0.5, 0.6) is 0 Å². The minimum Gasteiger partial charge on any atom is -0.353 e. The molecule has 2 fully saturated rings. The van der Waals surface area contributed by atoms with E-state index in [2.05, 4.69) is 15.7 Å². The highest BCUT2D eigenvalue weighted by Gasteiger charge is 2.18. The Morgan fingerprint density at radius 3 is 2.04 bits per heavy atom. The Hall–Kier alpha value is -1.85. The molecule has 0 spiro atoms. The summed E-state index contributed by atoms with van der Waals surface area (Å²) in [5, 5.41) is 10.6. The van der Waals surface area contributed by atoms with Crippen LogP contribution in [0.3, 0.4) is 0 Å². The number of nitrogens with zero attached hydrogens (tertiary/aromatic N) is 2. The quantitative estimate of drug-likeness (QED) is 0.748. The molecular formula is C21H34N4O2. The van der Waals surface area contributed by atoms with Crippen molar-refractivity contribution in [3.05, 3.63) is 18.0 Å². The summed E-state index contributed by atoms with van der Waals surface area (Å²) in [5.41, 5.74) is 0.448. The highest BCUT2D eigenvalue weighted by Crippen LogP contribution is 2.18. The van der Waals surface area contributed by atoms with E-state index in [9.17, 15) is 9.59 Å². The van der Waals surface area contributed by atoms with Gasteiger partial charge < -0.3 is 10.6 Å². The summed E-state index contributed by atoms with van der Waals surface area (Å²) in [6.07, 6.45) is 16.4. The fourth-order valence-corrected chi connectivity index (χ4v) is 4.23. The lowest BCUT2D eigenvalue weighted by Crippen LogP contribution is -2.35. The molecule has 6 nitrogen and oxygen atoms in total. The van der Waals surface area contributed by atoms with Crippen LogP contribution in [0.4, 0.5) is 0 Å². The van der Waals surface area contributed by atoms with Gasteiger partial charge in [-0.2, -0.15) is 5.10 Å². The third-order valence-corrected chi connectivity index (χ3v) is 5.85. The molecule has 2 aliphatic rings. The molecule has 2 saturated carbocycles. The zero-order valence-corrected chi connectivity index (χ0v) is 16.4. The third kappa shape index (κ3) is 6.67. The molecule has 27 heavy (non-hydrogen) atoms. The molecule has 2 aliphatic carbocycles. The largest absolute Gasteiger partial charge is 0.353 e. The molecule has 1 heterocycles. The first-order valence-electron chi connectivity index (χ1n) is 10.8. The Morgan fingerprint density at radius 2 is 1.44 bits per heavy atom. The van der Waals surface area contributed by atoms with Gasteiger partial charge in [-0.3, -0.25) is 14.3 Å². The summed E-state index contributed by atoms with van der Waals surface area (Å²) >= 11 is 0. The first kappa shape index (κ1) is 19.9. The van der Waals surface area contributed by atoms with Crippen molar-refractivity contribution in [1.82, 2.24) is 20.4 Å². The van der Waals surface area contributed by atoms with Crippen molar-refractivity contribution in [1.29, 1.82) is 0 Å². The summed E-state index contributed by atoms with van der Waals surface area (Å²) in [6.45, 7) is 0.509. The lowest BCUT2D eigenvalue weighted by Gasteiger charge is -2.16. The molecular weight excluding hydrogens is 340 g/mol. The van der Waals surface area contributed by atoms with Crippen molar-refractivity contribution >= 4 is 11.8 Å². The number of carbonyl (C=O) groups is 2. The number of amides is 2. The number of hydrogen-bond donors (Lipinski definition) is 2. The molecule has 150 valence electrons. The predicted octanol–water partition coefficient (Wildman–Crippen LogP) is 3.56. The maximum atomic E-state index is 12.4. The van der Waals surface area contributed by atoms with Gasteiger partial charge in [-0.25, -0.2) is 0 Å². The fraction of sp³-hybridized carbons (Fsp3) is 0.762. The van der Waals surface area contributed by atoms with Crippen LogP contribution in [0.15, 0.2) is 12.3 Å². The SMILES string of the molecule is O=C(CCn1ccc(C(=O)NC2CCCCCC2)n1)NC1CCCCCC1. The second kappa shape index (κ2) is 10.5. The molecule has 0 radical (unpaired) electrons. The second-order valence-corrected chi connectivity index (χ2v) is 8.13. The summed E-state index contributed by atoms with van der Waals surface area (Å²) < 4.78 is 1.70. The first-order valence-corrected chi connectivity index (χ1v) is 10.8. The van der Waals surface area contributed by atoms with Crippen molar-refractivity contribution in [3.8, 4) is 0 Å². The zero-order chi connectivity index (χ0) is 18.9. The van der Waals surface area contributed by atoms with E-state index in [1.165, 1.54) is 51.4 Å². The lowest BCUT2D eigenvalue weighted by molar-refractivity contribution is -0.122. The van der Waals surface area contributed by atoms with Gasteiger partial charge in [-0.05, 0) is 31.7 Å². The Balaban J connectivity index is 1.41. The van der Waals surface area contributed by atoms with Crippen molar-refractivity contribution in [2.75, 3.05) is 0 Å². The Bertz CT molecular complexity index is 597. The monoisotopic (exact) mass is 374 g/mol. The summed E-state index contributed by atoms with van der Waals surface area (Å²) in [4.78, 5) is 24.6. The van der Waals surface area contributed by atoms with Gasteiger partial charge in [0.2, 0.25) is 5.91 Å². The molecule has 1 aromatic rings. The Labute approximate surface area is 162 Å². The molecule has 2 amide bonds. The van der Waals surface area contributed by atoms with Crippen molar-refractivity contribution < 1.29 is 9.59 Å². The van der Waals surface area contributed by atoms with E-state index in [1.54, 1.807) is 16.9 Å². The number of carbonyl (C=O) groups excluding carboxylic acids is 2. The van der Waals surface area contributed by atoms with E-state index < -0.39 is 0 Å². The highest BCUT2D eigenvalue weighted by atomic mass is 16.2. The molecule has 6 heteroatoms. The van der Waals surface area contributed by atoms with Crippen LogP contribution in [0.25, 0.3) is 0 Å². The molecule has 0 unspecified atom stereocenters. The van der Waals surface area contributed by atoms with Crippen LogP contribution in [0.2, 0.25) is 0 Å². The van der Waals surface area contributed by atoms with Crippen LogP contribution >= 0.6 is 0 Å². The molecule has 0 bridgehead atoms. The zero-order valence-electron chi connectivity index (χ0n) is 16.4. The summed E-state index contributed by atoms with van der Waals surface area (Å²) in [6, 6.07) is 2.35. The van der Waals surface area contributed by atoms with E-state index in [-0.39, 0.29) is 17.9 Å². The highest BCUT2D eigenvalue weighted by molar-refractivity contribution is 5.92. The van der Waals surface area contributed by atoms with Gasteiger partial charge >= 0.3 is 0 Å². The standard InChI is InChI=1S/C21H34N4O2/c26-20(22-17-9-5-1-2-6-10-17)14-16-25-15-13-19(24-25)21(27)23-18-11-7-3-4-8-12-18/h13,15,17-18H,1-12,14,16H2,(H,22,26)(H,23,27). The van der Waals surface area contributed by atoms with Gasteiger partial charge in [0, 0.05) is 31.2 Å². The normalized spacial score (nSPS) is 19.9. The van der Waals surface area contributed by atoms with Crippen LogP contribution in [0.1, 0.15) is 94.0 Å². The van der Waals surface area contributed by atoms with E-state index in [0.29, 0.717) is 24.7 Å². The average molecular weight is 375 g/mol. The summed E-state index contributed by atoms with van der Waals surface area (Å²) in [7, 11) is 0. The number of hydrogen-bond acceptors (Lipinski definition) is 3. The fourth-order valence-electron chi connectivity index (χ4n) is 4.23. The molecule has 2 N–H and O–H groups in total. The topological polar surface area (TPSA) is 76.0 Å². The minimum atomic E-state index is -0.0939. The van der Waals surface area contributed by atoms with Gasteiger partial charge in [0.1, 0.15) is 5.69 Å². The predicted molar refractivity (Wildman–Crippen MR) is 105 cm³/mol. The molecule has 0 aromatic carbocycles. The molecule has 1 aromatic heterocycles. The van der Waals surface area contributed by atoms with Crippen LogP contribution in [-0.4, -0.2) is 33.7 Å². The van der Waals surface area contributed by atoms with E-state index >= 15 is 0 Å². The number of aromatic nitrogens is 2. The maximum Gasteiger partial charge on any atom is 0.271 e. The molecule has 0 aliphatic heterocycles. The van der Waals surface area contributed by atoms with E-state index in [1.807, 2.05) is 0 Å². The molecule has 0 saturated heterocycles. The maximum absolute atomic E-state index is 12.4. The minimum absolute atomic E-state index is 0.0851.